The van der Waals surface area contributed by atoms with Gasteiger partial charge in [0.25, 0.3) is 5.91 Å². The van der Waals surface area contributed by atoms with E-state index in [-0.39, 0.29) is 17.9 Å². The highest BCUT2D eigenvalue weighted by Crippen LogP contribution is 2.37. The van der Waals surface area contributed by atoms with Crippen LogP contribution in [0.2, 0.25) is 0 Å². The van der Waals surface area contributed by atoms with E-state index in [4.69, 9.17) is 19.2 Å². The monoisotopic (exact) mass is 629 g/mol. The van der Waals surface area contributed by atoms with Crippen molar-refractivity contribution < 1.29 is 23.8 Å². The Labute approximate surface area is 269 Å². The van der Waals surface area contributed by atoms with Gasteiger partial charge in [0, 0.05) is 25.2 Å². The lowest BCUT2D eigenvalue weighted by Crippen LogP contribution is -2.48. The molecule has 45 heavy (non-hydrogen) atoms. The molecule has 0 saturated heterocycles. The zero-order valence-corrected chi connectivity index (χ0v) is 28.6. The molecule has 0 radical (unpaired) electrons. The Morgan fingerprint density at radius 1 is 1.09 bits per heavy atom. The van der Waals surface area contributed by atoms with E-state index in [1.54, 1.807) is 43.5 Å². The third-order valence-corrected chi connectivity index (χ3v) is 7.50. The number of likely N-dealkylation sites (N-methyl/N-ethyl adjacent to an activating group) is 1. The van der Waals surface area contributed by atoms with Gasteiger partial charge in [0.05, 0.1) is 51.5 Å². The maximum absolute atomic E-state index is 12.7. The van der Waals surface area contributed by atoms with E-state index in [0.717, 1.165) is 44.5 Å². The second kappa shape index (κ2) is 20.5. The first kappa shape index (κ1) is 37.7. The van der Waals surface area contributed by atoms with Gasteiger partial charge in [0.1, 0.15) is 11.4 Å². The number of rotatable bonds is 15. The lowest BCUT2D eigenvalue weighted by Gasteiger charge is -2.37. The smallest absolute Gasteiger partial charge is 0.251 e. The molecule has 4 rings (SSSR count). The highest BCUT2D eigenvalue weighted by Gasteiger charge is 2.34. The molecule has 2 aromatic rings. The molecule has 1 aliphatic heterocycles. The first-order valence-corrected chi connectivity index (χ1v) is 16.4. The van der Waals surface area contributed by atoms with Crippen molar-refractivity contribution in [3.8, 4) is 5.75 Å². The second-order valence-electron chi connectivity index (χ2n) is 10.4. The summed E-state index contributed by atoms with van der Waals surface area (Å²) in [5, 5.41) is 9.20. The van der Waals surface area contributed by atoms with Gasteiger partial charge in [0.15, 0.2) is 5.82 Å². The lowest BCUT2D eigenvalue weighted by molar-refractivity contribution is -0.117. The highest BCUT2D eigenvalue weighted by molar-refractivity contribution is 6.02. The third kappa shape index (κ3) is 11.1. The molecule has 2 amide bonds. The quantitative estimate of drug-likeness (QED) is 0.237. The number of aromatic nitrogens is 2. The fraction of sp³-hybridized carbons (Fsp3) is 0.636. The number of ether oxygens (including phenoxy) is 3. The number of methoxy groups -OCH3 is 1. The number of carbonyl (C=O) groups excluding carboxylic acids is 2. The third-order valence-electron chi connectivity index (χ3n) is 7.50. The zero-order chi connectivity index (χ0) is 33.2. The minimum absolute atomic E-state index is 0.0372. The standard InChI is InChI=1S/C29H43N7O5.2C2H6/c1-20(11-12-30-2)41-16-15-40-14-13-31-28(38)21-9-10-23(25(17-21)39-4)33-29-32-18-24-27(34-29)36(19-26(37)35(24)3)22-7-5-6-8-22;2*1-2/h9-10,17-18,20,22,30H,5-8,11-16,19H2,1-4H3,(H,31,38)(H,32,33,34);2*1-2H3. The molecule has 1 aromatic carbocycles. The van der Waals surface area contributed by atoms with Crippen molar-refractivity contribution in [3.05, 3.63) is 30.0 Å². The van der Waals surface area contributed by atoms with E-state index in [2.05, 4.69) is 25.8 Å². The van der Waals surface area contributed by atoms with Crippen LogP contribution in [0.5, 0.6) is 5.75 Å². The Morgan fingerprint density at radius 3 is 2.51 bits per heavy atom. The molecule has 12 nitrogen and oxygen atoms in total. The number of hydrogen-bond donors (Lipinski definition) is 3. The summed E-state index contributed by atoms with van der Waals surface area (Å²) in [7, 11) is 5.23. The largest absolute Gasteiger partial charge is 0.495 e. The number of nitrogens with one attached hydrogen (secondary N) is 3. The molecular formula is C33H55N7O5. The van der Waals surface area contributed by atoms with Crippen LogP contribution >= 0.6 is 0 Å². The van der Waals surface area contributed by atoms with Gasteiger partial charge in [-0.1, -0.05) is 40.5 Å². The Hall–Kier alpha value is -3.48. The minimum Gasteiger partial charge on any atom is -0.495 e. The Kier molecular flexibility index (Phi) is 17.2. The number of amides is 2. The van der Waals surface area contributed by atoms with Crippen LogP contribution in [0.1, 0.15) is 77.1 Å². The van der Waals surface area contributed by atoms with Gasteiger partial charge in [-0.15, -0.1) is 0 Å². The van der Waals surface area contributed by atoms with E-state index in [9.17, 15) is 9.59 Å². The normalized spacial score (nSPS) is 14.9. The van der Waals surface area contributed by atoms with Crippen LogP contribution in [0.3, 0.4) is 0 Å². The highest BCUT2D eigenvalue weighted by atomic mass is 16.5. The van der Waals surface area contributed by atoms with E-state index < -0.39 is 0 Å². The fourth-order valence-electron chi connectivity index (χ4n) is 5.09. The number of benzene rings is 1. The van der Waals surface area contributed by atoms with Crippen LogP contribution in [0.15, 0.2) is 24.4 Å². The van der Waals surface area contributed by atoms with E-state index in [0.29, 0.717) is 67.6 Å². The summed E-state index contributed by atoms with van der Waals surface area (Å²) < 4.78 is 16.8. The van der Waals surface area contributed by atoms with Crippen LogP contribution < -0.4 is 30.5 Å². The maximum atomic E-state index is 12.7. The molecule has 1 aromatic heterocycles. The van der Waals surface area contributed by atoms with Crippen molar-refractivity contribution in [3.63, 3.8) is 0 Å². The molecule has 1 atom stereocenters. The van der Waals surface area contributed by atoms with E-state index in [1.807, 2.05) is 41.7 Å². The zero-order valence-electron chi connectivity index (χ0n) is 28.6. The average Bonchev–Trinajstić information content (AvgIpc) is 3.62. The summed E-state index contributed by atoms with van der Waals surface area (Å²) in [5.74, 6) is 1.45. The van der Waals surface area contributed by atoms with Crippen LogP contribution in [-0.2, 0) is 14.3 Å². The molecular weight excluding hydrogens is 574 g/mol. The van der Waals surface area contributed by atoms with Crippen molar-refractivity contribution in [1.29, 1.82) is 0 Å². The number of anilines is 4. The molecule has 2 aliphatic rings. The first-order chi connectivity index (χ1) is 21.9. The molecule has 0 spiro atoms. The van der Waals surface area contributed by atoms with Crippen LogP contribution in [-0.4, -0.2) is 94.6 Å². The summed E-state index contributed by atoms with van der Waals surface area (Å²) >= 11 is 0. The van der Waals surface area contributed by atoms with Crippen molar-refractivity contribution in [2.75, 3.05) is 75.8 Å². The summed E-state index contributed by atoms with van der Waals surface area (Å²) in [6.45, 7) is 13.0. The van der Waals surface area contributed by atoms with Gasteiger partial charge in [0.2, 0.25) is 11.9 Å². The first-order valence-electron chi connectivity index (χ1n) is 16.4. The van der Waals surface area contributed by atoms with Crippen molar-refractivity contribution in [1.82, 2.24) is 20.6 Å². The Morgan fingerprint density at radius 2 is 1.82 bits per heavy atom. The van der Waals surface area contributed by atoms with Crippen molar-refractivity contribution in [2.24, 2.45) is 0 Å². The number of hydrogen-bond acceptors (Lipinski definition) is 10. The van der Waals surface area contributed by atoms with Crippen molar-refractivity contribution >= 4 is 35.0 Å². The summed E-state index contributed by atoms with van der Waals surface area (Å²) in [6, 6.07) is 5.47. The molecule has 1 unspecified atom stereocenters. The van der Waals surface area contributed by atoms with Gasteiger partial charge in [-0.05, 0) is 58.0 Å². The number of nitrogens with zero attached hydrogens (tertiary/aromatic N) is 4. The Bertz CT molecular complexity index is 1180. The number of carbonyl (C=O) groups is 2. The minimum atomic E-state index is -0.222. The lowest BCUT2D eigenvalue weighted by atomic mass is 10.1. The molecule has 12 heteroatoms. The fourth-order valence-corrected chi connectivity index (χ4v) is 5.09. The van der Waals surface area contributed by atoms with Crippen LogP contribution in [0, 0.1) is 0 Å². The maximum Gasteiger partial charge on any atom is 0.251 e. The van der Waals surface area contributed by atoms with E-state index >= 15 is 0 Å². The van der Waals surface area contributed by atoms with Crippen molar-refractivity contribution in [2.45, 2.75) is 78.9 Å². The average molecular weight is 630 g/mol. The van der Waals surface area contributed by atoms with Crippen LogP contribution in [0.25, 0.3) is 0 Å². The molecule has 0 bridgehead atoms. The van der Waals surface area contributed by atoms with Gasteiger partial charge in [-0.2, -0.15) is 4.98 Å². The topological polar surface area (TPSA) is 130 Å². The SMILES string of the molecule is CC.CC.CNCCC(C)OCCOCCNC(=O)c1ccc(Nc2ncc3c(n2)N(C2CCCC2)CC(=O)N3C)c(OC)c1. The number of fused-ring (bicyclic) bond motifs is 1. The van der Waals surface area contributed by atoms with Gasteiger partial charge in [-0.3, -0.25) is 9.59 Å². The summed E-state index contributed by atoms with van der Waals surface area (Å²) in [6.07, 6.45) is 7.23. The van der Waals surface area contributed by atoms with Gasteiger partial charge in [-0.25, -0.2) is 4.98 Å². The molecule has 1 aliphatic carbocycles. The molecule has 3 N–H and O–H groups in total. The van der Waals surface area contributed by atoms with Gasteiger partial charge < -0.3 is 40.0 Å². The predicted molar refractivity (Wildman–Crippen MR) is 181 cm³/mol. The van der Waals surface area contributed by atoms with E-state index in [1.165, 1.54) is 0 Å². The second-order valence-corrected chi connectivity index (χ2v) is 10.4. The Balaban J connectivity index is 0.00000169. The molecule has 1 fully saturated rings. The molecule has 1 saturated carbocycles. The summed E-state index contributed by atoms with van der Waals surface area (Å²) in [5.41, 5.74) is 1.80. The van der Waals surface area contributed by atoms with Gasteiger partial charge >= 0.3 is 0 Å². The molecule has 2 heterocycles. The predicted octanol–water partition coefficient (Wildman–Crippen LogP) is 4.77. The summed E-state index contributed by atoms with van der Waals surface area (Å²) in [4.78, 5) is 38.3. The van der Waals surface area contributed by atoms with Crippen LogP contribution in [0.4, 0.5) is 23.1 Å². The molecule has 252 valence electrons.